The summed E-state index contributed by atoms with van der Waals surface area (Å²) >= 11 is 1.46. The summed E-state index contributed by atoms with van der Waals surface area (Å²) in [7, 11) is 0. The molecule has 0 spiro atoms. The van der Waals surface area contributed by atoms with Crippen molar-refractivity contribution in [2.45, 2.75) is 4.90 Å². The third kappa shape index (κ3) is 5.19. The first-order valence-electron chi connectivity index (χ1n) is 6.28. The molecule has 0 radical (unpaired) electrons. The number of carbonyl (C=O) groups is 2. The summed E-state index contributed by atoms with van der Waals surface area (Å²) in [6.07, 6.45) is 0. The summed E-state index contributed by atoms with van der Waals surface area (Å²) in [6, 6.07) is 15.9. The lowest BCUT2D eigenvalue weighted by Gasteiger charge is -2.07. The van der Waals surface area contributed by atoms with Crippen molar-refractivity contribution >= 4 is 35.1 Å². The second kappa shape index (κ2) is 7.35. The zero-order chi connectivity index (χ0) is 15.1. The van der Waals surface area contributed by atoms with Crippen LogP contribution in [0.5, 0.6) is 0 Å². The normalized spacial score (nSPS) is 9.90. The van der Waals surface area contributed by atoms with Crippen molar-refractivity contribution in [3.63, 3.8) is 0 Å². The predicted molar refractivity (Wildman–Crippen MR) is 85.4 cm³/mol. The third-order valence-corrected chi connectivity index (χ3v) is 3.54. The van der Waals surface area contributed by atoms with Gasteiger partial charge in [0, 0.05) is 16.3 Å². The van der Waals surface area contributed by atoms with E-state index in [0.29, 0.717) is 17.1 Å². The topological polar surface area (TPSA) is 84.2 Å². The highest BCUT2D eigenvalue weighted by Gasteiger charge is 2.04. The summed E-state index contributed by atoms with van der Waals surface area (Å²) < 4.78 is 0. The van der Waals surface area contributed by atoms with Gasteiger partial charge in [0.1, 0.15) is 0 Å². The quantitative estimate of drug-likeness (QED) is 0.742. The number of rotatable bonds is 5. The molecule has 0 saturated carbocycles. The number of carbonyl (C=O) groups excluding carboxylic acids is 2. The zero-order valence-electron chi connectivity index (χ0n) is 11.2. The summed E-state index contributed by atoms with van der Waals surface area (Å²) in [6.45, 7) is 0. The summed E-state index contributed by atoms with van der Waals surface area (Å²) in [5, 5.41) is 5.23. The molecule has 0 fully saturated rings. The standard InChI is InChI=1S/C15H15N3O2S/c16-15(20)18-12-6-4-5-11(9-12)17-14(19)10-21-13-7-2-1-3-8-13/h1-9H,10H2,(H,17,19)(H3,16,18,20). The Morgan fingerprint density at radius 3 is 2.29 bits per heavy atom. The first-order chi connectivity index (χ1) is 10.1. The number of primary amides is 1. The lowest BCUT2D eigenvalue weighted by Crippen LogP contribution is -2.19. The Bertz CT molecular complexity index is 632. The Kier molecular flexibility index (Phi) is 5.22. The van der Waals surface area contributed by atoms with Crippen LogP contribution >= 0.6 is 11.8 Å². The van der Waals surface area contributed by atoms with Gasteiger partial charge < -0.3 is 16.4 Å². The molecule has 3 amide bonds. The molecule has 108 valence electrons. The van der Waals surface area contributed by atoms with Gasteiger partial charge in [0.05, 0.1) is 5.75 Å². The molecule has 0 aliphatic rings. The SMILES string of the molecule is NC(=O)Nc1cccc(NC(=O)CSc2ccccc2)c1. The second-order valence-corrected chi connectivity index (χ2v) is 5.27. The Morgan fingerprint density at radius 1 is 0.952 bits per heavy atom. The van der Waals surface area contributed by atoms with E-state index >= 15 is 0 Å². The number of benzene rings is 2. The van der Waals surface area contributed by atoms with E-state index in [9.17, 15) is 9.59 Å². The third-order valence-electron chi connectivity index (χ3n) is 2.53. The molecule has 2 rings (SSSR count). The van der Waals surface area contributed by atoms with Crippen LogP contribution in [0.3, 0.4) is 0 Å². The van der Waals surface area contributed by atoms with Crippen LogP contribution in [0.15, 0.2) is 59.5 Å². The second-order valence-electron chi connectivity index (χ2n) is 4.22. The number of hydrogen-bond donors (Lipinski definition) is 3. The average molecular weight is 301 g/mol. The maximum atomic E-state index is 11.9. The minimum Gasteiger partial charge on any atom is -0.351 e. The lowest BCUT2D eigenvalue weighted by atomic mass is 10.3. The van der Waals surface area contributed by atoms with Crippen molar-refractivity contribution < 1.29 is 9.59 Å². The van der Waals surface area contributed by atoms with E-state index in [1.54, 1.807) is 24.3 Å². The minimum absolute atomic E-state index is 0.111. The molecule has 4 N–H and O–H groups in total. The van der Waals surface area contributed by atoms with Crippen LogP contribution in [-0.2, 0) is 4.79 Å². The van der Waals surface area contributed by atoms with E-state index in [2.05, 4.69) is 10.6 Å². The molecule has 2 aromatic rings. The Hall–Kier alpha value is -2.47. The Labute approximate surface area is 126 Å². The number of thioether (sulfide) groups is 1. The zero-order valence-corrected chi connectivity index (χ0v) is 12.0. The molecular weight excluding hydrogens is 286 g/mol. The van der Waals surface area contributed by atoms with Crippen molar-refractivity contribution in [3.05, 3.63) is 54.6 Å². The lowest BCUT2D eigenvalue weighted by molar-refractivity contribution is -0.113. The molecule has 0 saturated heterocycles. The first-order valence-corrected chi connectivity index (χ1v) is 7.26. The smallest absolute Gasteiger partial charge is 0.316 e. The average Bonchev–Trinajstić information content (AvgIpc) is 2.46. The van der Waals surface area contributed by atoms with Gasteiger partial charge in [-0.25, -0.2) is 4.79 Å². The fraction of sp³-hybridized carbons (Fsp3) is 0.0667. The largest absolute Gasteiger partial charge is 0.351 e. The van der Waals surface area contributed by atoms with E-state index in [0.717, 1.165) is 4.90 Å². The van der Waals surface area contributed by atoms with Crippen LogP contribution in [-0.4, -0.2) is 17.7 Å². The summed E-state index contributed by atoms with van der Waals surface area (Å²) in [5.41, 5.74) is 6.20. The molecular formula is C15H15N3O2S. The molecule has 0 unspecified atom stereocenters. The fourth-order valence-corrected chi connectivity index (χ4v) is 2.40. The number of nitrogens with two attached hydrogens (primary N) is 1. The molecule has 0 heterocycles. The maximum absolute atomic E-state index is 11.9. The van der Waals surface area contributed by atoms with Gasteiger partial charge in [-0.15, -0.1) is 11.8 Å². The van der Waals surface area contributed by atoms with Crippen LogP contribution in [0.25, 0.3) is 0 Å². The van der Waals surface area contributed by atoms with Crippen LogP contribution in [0, 0.1) is 0 Å². The highest BCUT2D eigenvalue weighted by molar-refractivity contribution is 8.00. The van der Waals surface area contributed by atoms with E-state index in [1.807, 2.05) is 30.3 Å². The van der Waals surface area contributed by atoms with E-state index in [4.69, 9.17) is 5.73 Å². The van der Waals surface area contributed by atoms with E-state index in [-0.39, 0.29) is 5.91 Å². The van der Waals surface area contributed by atoms with Gasteiger partial charge >= 0.3 is 6.03 Å². The van der Waals surface area contributed by atoms with Crippen molar-refractivity contribution in [2.75, 3.05) is 16.4 Å². The van der Waals surface area contributed by atoms with Gasteiger partial charge in [-0.05, 0) is 30.3 Å². The number of nitrogens with one attached hydrogen (secondary N) is 2. The maximum Gasteiger partial charge on any atom is 0.316 e. The molecule has 0 aliphatic carbocycles. The molecule has 6 heteroatoms. The van der Waals surface area contributed by atoms with Gasteiger partial charge in [-0.3, -0.25) is 4.79 Å². The van der Waals surface area contributed by atoms with Crippen LogP contribution < -0.4 is 16.4 Å². The van der Waals surface area contributed by atoms with Gasteiger partial charge in [-0.2, -0.15) is 0 Å². The number of urea groups is 1. The fourth-order valence-electron chi connectivity index (χ4n) is 1.68. The molecule has 0 aromatic heterocycles. The molecule has 21 heavy (non-hydrogen) atoms. The van der Waals surface area contributed by atoms with Crippen LogP contribution in [0.1, 0.15) is 0 Å². The monoisotopic (exact) mass is 301 g/mol. The highest BCUT2D eigenvalue weighted by atomic mass is 32.2. The Balaban J connectivity index is 1.89. The Morgan fingerprint density at radius 2 is 1.62 bits per heavy atom. The van der Waals surface area contributed by atoms with Crippen molar-refractivity contribution in [2.24, 2.45) is 5.73 Å². The summed E-state index contributed by atoms with van der Waals surface area (Å²) in [5.74, 6) is 0.206. The van der Waals surface area contributed by atoms with Gasteiger partial charge in [0.25, 0.3) is 0 Å². The van der Waals surface area contributed by atoms with E-state index in [1.165, 1.54) is 11.8 Å². The minimum atomic E-state index is -0.641. The first kappa shape index (κ1) is 14.9. The van der Waals surface area contributed by atoms with Crippen molar-refractivity contribution in [1.29, 1.82) is 0 Å². The van der Waals surface area contributed by atoms with Crippen molar-refractivity contribution in [3.8, 4) is 0 Å². The van der Waals surface area contributed by atoms with Crippen LogP contribution in [0.4, 0.5) is 16.2 Å². The van der Waals surface area contributed by atoms with Gasteiger partial charge in [-0.1, -0.05) is 24.3 Å². The molecule has 0 bridgehead atoms. The highest BCUT2D eigenvalue weighted by Crippen LogP contribution is 2.18. The van der Waals surface area contributed by atoms with Gasteiger partial charge in [0.15, 0.2) is 0 Å². The van der Waals surface area contributed by atoms with Crippen molar-refractivity contribution in [1.82, 2.24) is 0 Å². The molecule has 5 nitrogen and oxygen atoms in total. The molecule has 0 aliphatic heterocycles. The van der Waals surface area contributed by atoms with Gasteiger partial charge in [0.2, 0.25) is 5.91 Å². The molecule has 0 atom stereocenters. The summed E-state index contributed by atoms with van der Waals surface area (Å²) in [4.78, 5) is 23.7. The van der Waals surface area contributed by atoms with E-state index < -0.39 is 6.03 Å². The number of amides is 3. The molecule has 2 aromatic carbocycles. The number of anilines is 2. The number of hydrogen-bond acceptors (Lipinski definition) is 3. The predicted octanol–water partition coefficient (Wildman–Crippen LogP) is 2.91. The van der Waals surface area contributed by atoms with Crippen LogP contribution in [0.2, 0.25) is 0 Å².